The van der Waals surface area contributed by atoms with E-state index in [1.54, 1.807) is 47.1 Å². The van der Waals surface area contributed by atoms with E-state index >= 15 is 0 Å². The van der Waals surface area contributed by atoms with Crippen LogP contribution in [0.3, 0.4) is 0 Å². The molecule has 196 valence electrons. The van der Waals surface area contributed by atoms with Crippen molar-refractivity contribution in [1.29, 1.82) is 0 Å². The second-order valence-corrected chi connectivity index (χ2v) is 9.69. The van der Waals surface area contributed by atoms with Crippen molar-refractivity contribution in [1.82, 2.24) is 0 Å². The third kappa shape index (κ3) is 18.4. The zero-order chi connectivity index (χ0) is 27.1. The summed E-state index contributed by atoms with van der Waals surface area (Å²) in [5.74, 6) is 1.03. The number of rotatable bonds is 7. The highest BCUT2D eigenvalue weighted by atomic mass is 35.5. The van der Waals surface area contributed by atoms with Crippen molar-refractivity contribution in [2.75, 3.05) is 14.2 Å². The van der Waals surface area contributed by atoms with Crippen molar-refractivity contribution >= 4 is 22.8 Å². The molecule has 2 aromatic carbocycles. The lowest BCUT2D eigenvalue weighted by molar-refractivity contribution is -0.320. The van der Waals surface area contributed by atoms with Crippen LogP contribution in [0.25, 0.3) is 0 Å². The molecule has 0 saturated heterocycles. The van der Waals surface area contributed by atoms with Crippen LogP contribution in [0.5, 0.6) is 11.5 Å². The molecule has 9 heteroatoms. The first kappa shape index (κ1) is 32.4. The third-order valence-corrected chi connectivity index (χ3v) is 3.75. The van der Waals surface area contributed by atoms with Crippen LogP contribution >= 0.6 is 11.6 Å². The predicted octanol–water partition coefficient (Wildman–Crippen LogP) is 5.79. The zero-order valence-corrected chi connectivity index (χ0v) is 22.5. The van der Waals surface area contributed by atoms with Crippen LogP contribution in [0.15, 0.2) is 48.5 Å². The maximum absolute atomic E-state index is 11.5. The number of hydrogen-bond donors (Lipinski definition) is 1. The molecule has 35 heavy (non-hydrogen) atoms. The van der Waals surface area contributed by atoms with Crippen molar-refractivity contribution in [2.24, 2.45) is 0 Å². The fraction of sp³-hybridized carbons (Fsp3) is 0.462. The minimum atomic E-state index is -0.496. The van der Waals surface area contributed by atoms with Crippen molar-refractivity contribution in [3.63, 3.8) is 0 Å². The molecule has 0 aromatic heterocycles. The van der Waals surface area contributed by atoms with Gasteiger partial charge in [-0.3, -0.25) is 14.9 Å². The summed E-state index contributed by atoms with van der Waals surface area (Å²) in [7, 11) is 3.17. The number of ether oxygens (including phenoxy) is 2. The van der Waals surface area contributed by atoms with Gasteiger partial charge in [-0.1, -0.05) is 24.3 Å². The number of hydrogen-bond acceptors (Lipinski definition) is 8. The average molecular weight is 513 g/mol. The van der Waals surface area contributed by atoms with Crippen molar-refractivity contribution in [2.45, 2.75) is 65.6 Å². The second kappa shape index (κ2) is 16.1. The molecule has 0 aliphatic rings. The number of benzene rings is 2. The molecule has 0 unspecified atom stereocenters. The molecule has 2 rings (SSSR count). The van der Waals surface area contributed by atoms with Crippen LogP contribution < -0.4 is 9.47 Å². The molecule has 0 bridgehead atoms. The summed E-state index contributed by atoms with van der Waals surface area (Å²) in [4.78, 5) is 35.6. The molecule has 0 spiro atoms. The van der Waals surface area contributed by atoms with Gasteiger partial charge in [0.2, 0.25) is 5.24 Å². The Balaban J connectivity index is 0.000000557. The zero-order valence-electron chi connectivity index (χ0n) is 21.7. The summed E-state index contributed by atoms with van der Waals surface area (Å²) in [5, 5.41) is 7.54. The summed E-state index contributed by atoms with van der Waals surface area (Å²) in [6.07, 6.45) is 0.409. The maximum Gasteiger partial charge on any atom is 0.346 e. The van der Waals surface area contributed by atoms with Crippen molar-refractivity contribution in [3.8, 4) is 11.5 Å². The van der Waals surface area contributed by atoms with Gasteiger partial charge in [0.15, 0.2) is 0 Å². The number of methoxy groups -OCH3 is 2. The van der Waals surface area contributed by atoms with Gasteiger partial charge in [-0.2, -0.15) is 4.89 Å². The fourth-order valence-corrected chi connectivity index (χ4v) is 2.25. The lowest BCUT2D eigenvalue weighted by Gasteiger charge is -2.16. The van der Waals surface area contributed by atoms with Crippen LogP contribution in [0.4, 0.5) is 0 Å². The number of carbonyl (C=O) groups is 2. The predicted molar refractivity (Wildman–Crippen MR) is 135 cm³/mol. The van der Waals surface area contributed by atoms with E-state index in [0.717, 1.165) is 16.9 Å². The lowest BCUT2D eigenvalue weighted by atomic mass is 10.1. The van der Waals surface area contributed by atoms with Gasteiger partial charge in [-0.05, 0) is 88.5 Å². The van der Waals surface area contributed by atoms with E-state index < -0.39 is 17.2 Å². The van der Waals surface area contributed by atoms with Crippen molar-refractivity contribution in [3.05, 3.63) is 59.7 Å². The summed E-state index contributed by atoms with van der Waals surface area (Å²) >= 11 is 5.23. The highest BCUT2D eigenvalue weighted by molar-refractivity contribution is 6.63. The lowest BCUT2D eigenvalue weighted by Crippen LogP contribution is -2.22. The molecule has 0 aliphatic carbocycles. The van der Waals surface area contributed by atoms with Gasteiger partial charge >= 0.3 is 5.97 Å². The first-order chi connectivity index (χ1) is 16.2. The molecule has 0 aliphatic heterocycles. The normalized spacial score (nSPS) is 10.7. The Labute approximate surface area is 212 Å². The van der Waals surface area contributed by atoms with Gasteiger partial charge in [-0.15, -0.1) is 0 Å². The van der Waals surface area contributed by atoms with E-state index in [4.69, 9.17) is 36.1 Å². The van der Waals surface area contributed by atoms with Gasteiger partial charge in [-0.25, -0.2) is 9.68 Å². The summed E-state index contributed by atoms with van der Waals surface area (Å²) in [6.45, 7) is 10.7. The first-order valence-corrected chi connectivity index (χ1v) is 11.2. The Morgan fingerprint density at radius 1 is 0.800 bits per heavy atom. The molecule has 8 nitrogen and oxygen atoms in total. The van der Waals surface area contributed by atoms with Crippen LogP contribution in [-0.2, 0) is 37.1 Å². The minimum absolute atomic E-state index is 0.160. The van der Waals surface area contributed by atoms with E-state index in [1.807, 2.05) is 57.2 Å². The quantitative estimate of drug-likeness (QED) is 0.282. The fourth-order valence-electron chi connectivity index (χ4n) is 2.09. The minimum Gasteiger partial charge on any atom is -0.497 e. The molecule has 0 heterocycles. The standard InChI is InChI=1S/C13H18O4.C9H9ClO2.C4H10O2/c1-13(2,3)17-16-12(14)9-10-6-5-7-11(8-10)15-4;1-12-8-4-2-3-7(5-8)6-9(10)11;1-4(2,3)6-5/h5-8H,9H2,1-4H3;2-5H,6H2,1H3;5H,1-3H3. The SMILES string of the molecule is CC(C)(C)OO.COc1cccc(CC(=O)Cl)c1.COc1cccc(CC(=O)OOC(C)(C)C)c1. The Bertz CT molecular complexity index is 901. The molecular weight excluding hydrogens is 476 g/mol. The number of carbonyl (C=O) groups excluding carboxylic acids is 2. The molecule has 2 aromatic rings. The van der Waals surface area contributed by atoms with Crippen molar-refractivity contribution < 1.29 is 39.0 Å². The Kier molecular flexibility index (Phi) is 14.9. The van der Waals surface area contributed by atoms with Gasteiger partial charge < -0.3 is 9.47 Å². The highest BCUT2D eigenvalue weighted by Gasteiger charge is 2.15. The summed E-state index contributed by atoms with van der Waals surface area (Å²) in [5.41, 5.74) is 0.797. The van der Waals surface area contributed by atoms with E-state index in [-0.39, 0.29) is 18.1 Å². The van der Waals surface area contributed by atoms with E-state index in [1.165, 1.54) is 0 Å². The van der Waals surface area contributed by atoms with E-state index in [0.29, 0.717) is 5.75 Å². The molecule has 0 radical (unpaired) electrons. The Morgan fingerprint density at radius 3 is 1.57 bits per heavy atom. The van der Waals surface area contributed by atoms with Gasteiger partial charge in [0.25, 0.3) is 0 Å². The van der Waals surface area contributed by atoms with Gasteiger partial charge in [0, 0.05) is 6.42 Å². The van der Waals surface area contributed by atoms with Gasteiger partial charge in [0.05, 0.1) is 26.2 Å². The Morgan fingerprint density at radius 2 is 1.23 bits per heavy atom. The topological polar surface area (TPSA) is 101 Å². The molecular formula is C26H37ClO8. The largest absolute Gasteiger partial charge is 0.497 e. The van der Waals surface area contributed by atoms with Crippen LogP contribution in [-0.4, -0.2) is 41.9 Å². The average Bonchev–Trinajstić information content (AvgIpc) is 2.77. The van der Waals surface area contributed by atoms with E-state index in [2.05, 4.69) is 4.89 Å². The molecule has 0 amide bonds. The third-order valence-electron chi connectivity index (χ3n) is 3.62. The molecule has 0 atom stereocenters. The smallest absolute Gasteiger partial charge is 0.346 e. The molecule has 0 saturated carbocycles. The summed E-state index contributed by atoms with van der Waals surface area (Å²) < 4.78 is 10.0. The van der Waals surface area contributed by atoms with Crippen LogP contribution in [0.1, 0.15) is 52.7 Å². The van der Waals surface area contributed by atoms with Gasteiger partial charge in [0.1, 0.15) is 17.1 Å². The molecule has 1 N–H and O–H groups in total. The second-order valence-electron chi connectivity index (χ2n) is 9.27. The van der Waals surface area contributed by atoms with E-state index in [9.17, 15) is 9.59 Å². The Hall–Kier alpha value is -2.65. The maximum atomic E-state index is 11.5. The van der Waals surface area contributed by atoms with Crippen LogP contribution in [0, 0.1) is 0 Å². The first-order valence-electron chi connectivity index (χ1n) is 10.8. The van der Waals surface area contributed by atoms with Crippen LogP contribution in [0.2, 0.25) is 0 Å². The summed E-state index contributed by atoms with van der Waals surface area (Å²) in [6, 6.07) is 14.5. The number of halogens is 1. The molecule has 0 fully saturated rings. The monoisotopic (exact) mass is 512 g/mol. The highest BCUT2D eigenvalue weighted by Crippen LogP contribution is 2.15.